The Balaban J connectivity index is 2.20. The van der Waals surface area contributed by atoms with E-state index >= 15 is 0 Å². The van der Waals surface area contributed by atoms with Gasteiger partial charge in [0, 0.05) is 18.6 Å². The lowest BCUT2D eigenvalue weighted by Gasteiger charge is -2.34. The van der Waals surface area contributed by atoms with Gasteiger partial charge in [0.15, 0.2) is 11.5 Å². The van der Waals surface area contributed by atoms with E-state index in [1.807, 2.05) is 6.07 Å². The Kier molecular flexibility index (Phi) is 5.88. The van der Waals surface area contributed by atoms with E-state index in [2.05, 4.69) is 36.2 Å². The molecule has 0 radical (unpaired) electrons. The molecule has 0 bridgehead atoms. The first-order valence-electron chi connectivity index (χ1n) is 7.89. The van der Waals surface area contributed by atoms with Gasteiger partial charge in [0.05, 0.1) is 14.2 Å². The van der Waals surface area contributed by atoms with Gasteiger partial charge in [-0.3, -0.25) is 4.90 Å². The monoisotopic (exact) mass is 292 g/mol. The van der Waals surface area contributed by atoms with Crippen LogP contribution in [0.15, 0.2) is 18.2 Å². The van der Waals surface area contributed by atoms with Crippen molar-refractivity contribution in [3.8, 4) is 11.5 Å². The third-order valence-corrected chi connectivity index (χ3v) is 4.37. The number of nitrogens with one attached hydrogen (secondary N) is 1. The number of benzene rings is 1. The maximum Gasteiger partial charge on any atom is 0.161 e. The molecule has 1 fully saturated rings. The van der Waals surface area contributed by atoms with Gasteiger partial charge in [-0.25, -0.2) is 0 Å². The summed E-state index contributed by atoms with van der Waals surface area (Å²) >= 11 is 0. The zero-order chi connectivity index (χ0) is 15.2. The summed E-state index contributed by atoms with van der Waals surface area (Å²) < 4.78 is 10.8. The first kappa shape index (κ1) is 16.1. The van der Waals surface area contributed by atoms with Crippen LogP contribution in [-0.4, -0.2) is 44.8 Å². The highest BCUT2D eigenvalue weighted by Gasteiger charge is 2.26. The van der Waals surface area contributed by atoms with Crippen LogP contribution in [-0.2, 0) is 0 Å². The van der Waals surface area contributed by atoms with Gasteiger partial charge in [0.25, 0.3) is 0 Å². The van der Waals surface area contributed by atoms with Crippen molar-refractivity contribution in [3.05, 3.63) is 23.8 Å². The second-order valence-electron chi connectivity index (χ2n) is 5.67. The molecule has 0 aliphatic carbocycles. The lowest BCUT2D eigenvalue weighted by molar-refractivity contribution is 0.153. The summed E-state index contributed by atoms with van der Waals surface area (Å²) in [6.07, 6.45) is 2.41. The molecule has 118 valence electrons. The maximum atomic E-state index is 5.44. The van der Waals surface area contributed by atoms with Crippen molar-refractivity contribution in [1.29, 1.82) is 0 Å². The van der Waals surface area contributed by atoms with Crippen LogP contribution in [0.2, 0.25) is 0 Å². The minimum absolute atomic E-state index is 0.384. The number of hydrogen-bond acceptors (Lipinski definition) is 4. The van der Waals surface area contributed by atoms with E-state index < -0.39 is 0 Å². The first-order valence-corrected chi connectivity index (χ1v) is 7.89. The van der Waals surface area contributed by atoms with E-state index in [0.29, 0.717) is 12.1 Å². The van der Waals surface area contributed by atoms with E-state index in [1.54, 1.807) is 14.2 Å². The summed E-state index contributed by atoms with van der Waals surface area (Å²) in [6.45, 7) is 7.88. The van der Waals surface area contributed by atoms with Gasteiger partial charge >= 0.3 is 0 Å². The van der Waals surface area contributed by atoms with E-state index in [0.717, 1.165) is 31.1 Å². The number of nitrogens with zero attached hydrogens (tertiary/aromatic N) is 1. The molecule has 2 unspecified atom stereocenters. The fourth-order valence-electron chi connectivity index (χ4n) is 3.18. The highest BCUT2D eigenvalue weighted by Crippen LogP contribution is 2.33. The van der Waals surface area contributed by atoms with Gasteiger partial charge in [-0.15, -0.1) is 0 Å². The molecule has 1 aromatic carbocycles. The molecule has 0 spiro atoms. The Morgan fingerprint density at radius 3 is 2.62 bits per heavy atom. The minimum atomic E-state index is 0.384. The van der Waals surface area contributed by atoms with Crippen molar-refractivity contribution in [2.24, 2.45) is 0 Å². The molecule has 2 atom stereocenters. The predicted octanol–water partition coefficient (Wildman–Crippen LogP) is 2.84. The molecule has 1 aliphatic rings. The summed E-state index contributed by atoms with van der Waals surface area (Å²) in [5.41, 5.74) is 1.29. The number of methoxy groups -OCH3 is 2. The molecular formula is C17H28N2O2. The topological polar surface area (TPSA) is 33.7 Å². The van der Waals surface area contributed by atoms with Crippen LogP contribution < -0.4 is 14.8 Å². The van der Waals surface area contributed by atoms with E-state index in [4.69, 9.17) is 9.47 Å². The molecule has 0 amide bonds. The third-order valence-electron chi connectivity index (χ3n) is 4.37. The van der Waals surface area contributed by atoms with Crippen LogP contribution in [0, 0.1) is 0 Å². The van der Waals surface area contributed by atoms with Crippen molar-refractivity contribution in [2.45, 2.75) is 38.8 Å². The maximum absolute atomic E-state index is 5.44. The molecule has 2 rings (SSSR count). The molecule has 1 aromatic rings. The SMILES string of the molecule is CCCN(C1CCNC1)C(C)c1ccc(OC)c(OC)c1. The molecular weight excluding hydrogens is 264 g/mol. The number of hydrogen-bond donors (Lipinski definition) is 1. The van der Waals surface area contributed by atoms with Crippen LogP contribution in [0.4, 0.5) is 0 Å². The second-order valence-corrected chi connectivity index (χ2v) is 5.67. The zero-order valence-electron chi connectivity index (χ0n) is 13.7. The first-order chi connectivity index (χ1) is 10.2. The highest BCUT2D eigenvalue weighted by atomic mass is 16.5. The average molecular weight is 292 g/mol. The van der Waals surface area contributed by atoms with Gasteiger partial charge in [-0.05, 0) is 50.6 Å². The van der Waals surface area contributed by atoms with Crippen LogP contribution >= 0.6 is 0 Å². The summed E-state index contributed by atoms with van der Waals surface area (Å²) in [7, 11) is 3.37. The summed E-state index contributed by atoms with van der Waals surface area (Å²) in [5, 5.41) is 3.47. The smallest absolute Gasteiger partial charge is 0.161 e. The van der Waals surface area contributed by atoms with Gasteiger partial charge in [-0.2, -0.15) is 0 Å². The lowest BCUT2D eigenvalue weighted by Crippen LogP contribution is -2.39. The fraction of sp³-hybridized carbons (Fsp3) is 0.647. The van der Waals surface area contributed by atoms with Crippen LogP contribution in [0.25, 0.3) is 0 Å². The quantitative estimate of drug-likeness (QED) is 0.838. The highest BCUT2D eigenvalue weighted by molar-refractivity contribution is 5.43. The molecule has 1 aliphatic heterocycles. The molecule has 1 N–H and O–H groups in total. The average Bonchev–Trinajstić information content (AvgIpc) is 3.05. The summed E-state index contributed by atoms with van der Waals surface area (Å²) in [5.74, 6) is 1.60. The number of ether oxygens (including phenoxy) is 2. The standard InChI is InChI=1S/C17H28N2O2/c1-5-10-19(15-8-9-18-12-15)13(2)14-6-7-16(20-3)17(11-14)21-4/h6-7,11,13,15,18H,5,8-10,12H2,1-4H3. The molecule has 0 aromatic heterocycles. The van der Waals surface area contributed by atoms with Crippen molar-refractivity contribution in [1.82, 2.24) is 10.2 Å². The molecule has 4 nitrogen and oxygen atoms in total. The summed E-state index contributed by atoms with van der Waals surface area (Å²) in [6, 6.07) is 7.27. The minimum Gasteiger partial charge on any atom is -0.493 e. The largest absolute Gasteiger partial charge is 0.493 e. The summed E-state index contributed by atoms with van der Waals surface area (Å²) in [4.78, 5) is 2.61. The Morgan fingerprint density at radius 2 is 2.05 bits per heavy atom. The van der Waals surface area contributed by atoms with Gasteiger partial charge in [0.2, 0.25) is 0 Å². The lowest BCUT2D eigenvalue weighted by atomic mass is 10.0. The van der Waals surface area contributed by atoms with E-state index in [1.165, 1.54) is 18.4 Å². The van der Waals surface area contributed by atoms with Crippen molar-refractivity contribution < 1.29 is 9.47 Å². The van der Waals surface area contributed by atoms with E-state index in [9.17, 15) is 0 Å². The Hall–Kier alpha value is -1.26. The third kappa shape index (κ3) is 3.69. The van der Waals surface area contributed by atoms with Crippen molar-refractivity contribution in [3.63, 3.8) is 0 Å². The predicted molar refractivity (Wildman–Crippen MR) is 86.2 cm³/mol. The normalized spacial score (nSPS) is 19.8. The molecule has 1 saturated heterocycles. The Morgan fingerprint density at radius 1 is 1.29 bits per heavy atom. The van der Waals surface area contributed by atoms with E-state index in [-0.39, 0.29) is 0 Å². The second kappa shape index (κ2) is 7.66. The molecule has 21 heavy (non-hydrogen) atoms. The molecule has 0 saturated carbocycles. The van der Waals surface area contributed by atoms with Gasteiger partial charge in [-0.1, -0.05) is 13.0 Å². The van der Waals surface area contributed by atoms with Gasteiger partial charge < -0.3 is 14.8 Å². The van der Waals surface area contributed by atoms with Crippen LogP contribution in [0.5, 0.6) is 11.5 Å². The van der Waals surface area contributed by atoms with Crippen molar-refractivity contribution in [2.75, 3.05) is 33.9 Å². The Labute approximate surface area is 128 Å². The fourth-order valence-corrected chi connectivity index (χ4v) is 3.18. The number of rotatable bonds is 7. The Bertz CT molecular complexity index is 444. The van der Waals surface area contributed by atoms with Crippen LogP contribution in [0.1, 0.15) is 38.3 Å². The molecule has 4 heteroatoms. The molecule has 1 heterocycles. The van der Waals surface area contributed by atoms with Gasteiger partial charge in [0.1, 0.15) is 0 Å². The van der Waals surface area contributed by atoms with Crippen molar-refractivity contribution >= 4 is 0 Å². The zero-order valence-corrected chi connectivity index (χ0v) is 13.7. The van der Waals surface area contributed by atoms with Crippen LogP contribution in [0.3, 0.4) is 0 Å².